The molecule has 1 rings (SSSR count). The van der Waals surface area contributed by atoms with E-state index in [-0.39, 0.29) is 10.8 Å². The number of carbonyl (C=O) groups excluding carboxylic acids is 1. The van der Waals surface area contributed by atoms with Crippen LogP contribution in [0.2, 0.25) is 0 Å². The third kappa shape index (κ3) is 4.21. The first-order chi connectivity index (χ1) is 9.16. The summed E-state index contributed by atoms with van der Waals surface area (Å²) >= 11 is 0. The lowest BCUT2D eigenvalue weighted by molar-refractivity contribution is 0.0774. The molecule has 112 valence electrons. The molecular weight excluding hydrogens is 298 g/mol. The van der Waals surface area contributed by atoms with Gasteiger partial charge in [-0.1, -0.05) is 26.3 Å². The van der Waals surface area contributed by atoms with Gasteiger partial charge in [0.15, 0.2) is 0 Å². The van der Waals surface area contributed by atoms with Crippen molar-refractivity contribution in [2.75, 3.05) is 13.6 Å². The van der Waals surface area contributed by atoms with Gasteiger partial charge < -0.3 is 4.90 Å². The smallest absolute Gasteiger partial charge is 0.261 e. The van der Waals surface area contributed by atoms with Gasteiger partial charge in [-0.2, -0.15) is 0 Å². The largest absolute Gasteiger partial charge is 0.341 e. The van der Waals surface area contributed by atoms with Gasteiger partial charge >= 0.3 is 0 Å². The van der Waals surface area contributed by atoms with E-state index in [1.54, 1.807) is 24.9 Å². The summed E-state index contributed by atoms with van der Waals surface area (Å²) in [5.41, 5.74) is 1.10. The van der Waals surface area contributed by atoms with Gasteiger partial charge in [-0.25, -0.2) is 8.42 Å². The Bertz CT molecular complexity index is 598. The number of aryl methyl sites for hydroxylation is 1. The van der Waals surface area contributed by atoms with Gasteiger partial charge in [0.05, 0.1) is 4.90 Å². The zero-order valence-corrected chi connectivity index (χ0v) is 13.8. The van der Waals surface area contributed by atoms with Crippen molar-refractivity contribution in [3.8, 4) is 0 Å². The highest BCUT2D eigenvalue weighted by molar-refractivity contribution is 8.13. The second kappa shape index (κ2) is 6.59. The van der Waals surface area contributed by atoms with Crippen LogP contribution in [0.25, 0.3) is 0 Å². The molecule has 0 fully saturated rings. The number of benzene rings is 1. The molecule has 0 saturated heterocycles. The molecule has 0 heterocycles. The molecule has 4 nitrogen and oxygen atoms in total. The molecule has 0 radical (unpaired) electrons. The molecule has 0 N–H and O–H groups in total. The lowest BCUT2D eigenvalue weighted by Crippen LogP contribution is -2.31. The number of nitrogens with zero attached hydrogens (tertiary/aromatic N) is 1. The van der Waals surface area contributed by atoms with E-state index in [4.69, 9.17) is 10.7 Å². The predicted octanol–water partition coefficient (Wildman–Crippen LogP) is 3.04. The molecular formula is C14H20ClNO3S. The Morgan fingerprint density at radius 3 is 2.50 bits per heavy atom. The van der Waals surface area contributed by atoms with Gasteiger partial charge in [-0.3, -0.25) is 4.79 Å². The average molecular weight is 318 g/mol. The summed E-state index contributed by atoms with van der Waals surface area (Å²) in [6.45, 7) is 6.53. The van der Waals surface area contributed by atoms with Crippen molar-refractivity contribution in [3.05, 3.63) is 29.3 Å². The molecule has 20 heavy (non-hydrogen) atoms. The third-order valence-corrected chi connectivity index (χ3v) is 4.70. The van der Waals surface area contributed by atoms with Gasteiger partial charge in [-0.05, 0) is 30.5 Å². The summed E-state index contributed by atoms with van der Waals surface area (Å²) in [4.78, 5) is 13.9. The Labute approximate surface area is 125 Å². The molecule has 6 heteroatoms. The van der Waals surface area contributed by atoms with Crippen LogP contribution in [0.5, 0.6) is 0 Å². The van der Waals surface area contributed by atoms with E-state index in [9.17, 15) is 13.2 Å². The van der Waals surface area contributed by atoms with Crippen LogP contribution >= 0.6 is 10.7 Å². The molecule has 1 amide bonds. The number of rotatable bonds is 5. The molecule has 0 saturated carbocycles. The molecule has 0 bridgehead atoms. The van der Waals surface area contributed by atoms with E-state index in [0.717, 1.165) is 12.0 Å². The third-order valence-electron chi connectivity index (χ3n) is 3.35. The summed E-state index contributed by atoms with van der Waals surface area (Å²) in [5, 5.41) is 0. The van der Waals surface area contributed by atoms with E-state index < -0.39 is 9.05 Å². The van der Waals surface area contributed by atoms with Crippen LogP contribution in [-0.2, 0) is 9.05 Å². The first kappa shape index (κ1) is 17.0. The van der Waals surface area contributed by atoms with Gasteiger partial charge in [0.1, 0.15) is 0 Å². The maximum Gasteiger partial charge on any atom is 0.261 e. The molecule has 1 aromatic rings. The summed E-state index contributed by atoms with van der Waals surface area (Å²) in [5.74, 6) is 0.203. The van der Waals surface area contributed by atoms with Crippen LogP contribution in [0.4, 0.5) is 0 Å². The highest BCUT2D eigenvalue weighted by Gasteiger charge is 2.19. The molecule has 0 aliphatic rings. The number of hydrogen-bond acceptors (Lipinski definition) is 3. The second-order valence-electron chi connectivity index (χ2n) is 5.11. The van der Waals surface area contributed by atoms with Crippen LogP contribution in [0.15, 0.2) is 23.1 Å². The molecule has 0 spiro atoms. The minimum Gasteiger partial charge on any atom is -0.341 e. The van der Waals surface area contributed by atoms with Crippen LogP contribution in [0.1, 0.15) is 36.2 Å². The van der Waals surface area contributed by atoms with E-state index in [1.165, 1.54) is 12.1 Å². The van der Waals surface area contributed by atoms with Crippen molar-refractivity contribution in [1.29, 1.82) is 0 Å². The van der Waals surface area contributed by atoms with Crippen molar-refractivity contribution in [2.45, 2.75) is 32.1 Å². The monoisotopic (exact) mass is 317 g/mol. The van der Waals surface area contributed by atoms with Crippen LogP contribution in [0.3, 0.4) is 0 Å². The fourth-order valence-corrected chi connectivity index (χ4v) is 2.65. The summed E-state index contributed by atoms with van der Waals surface area (Å²) in [6.07, 6.45) is 0.979. The van der Waals surface area contributed by atoms with Gasteiger partial charge in [0, 0.05) is 29.8 Å². The minimum atomic E-state index is -3.83. The van der Waals surface area contributed by atoms with Crippen LogP contribution in [-0.4, -0.2) is 32.8 Å². The molecule has 0 aliphatic heterocycles. The number of amides is 1. The molecule has 0 aromatic heterocycles. The normalized spacial score (nSPS) is 13.1. The molecule has 0 aliphatic carbocycles. The lowest BCUT2D eigenvalue weighted by Gasteiger charge is -2.21. The highest BCUT2D eigenvalue weighted by atomic mass is 35.7. The van der Waals surface area contributed by atoms with Crippen molar-refractivity contribution < 1.29 is 13.2 Å². The van der Waals surface area contributed by atoms with Crippen molar-refractivity contribution in [3.63, 3.8) is 0 Å². The summed E-state index contributed by atoms with van der Waals surface area (Å²) in [7, 11) is 3.21. The molecule has 1 unspecified atom stereocenters. The van der Waals surface area contributed by atoms with Crippen molar-refractivity contribution in [1.82, 2.24) is 4.90 Å². The highest BCUT2D eigenvalue weighted by Crippen LogP contribution is 2.20. The van der Waals surface area contributed by atoms with E-state index >= 15 is 0 Å². The fourth-order valence-electron chi connectivity index (χ4n) is 1.87. The Morgan fingerprint density at radius 2 is 2.00 bits per heavy atom. The van der Waals surface area contributed by atoms with Crippen LogP contribution in [0, 0.1) is 12.8 Å². The van der Waals surface area contributed by atoms with E-state index in [2.05, 4.69) is 13.8 Å². The topological polar surface area (TPSA) is 54.5 Å². The Hall–Kier alpha value is -1.07. The maximum atomic E-state index is 12.4. The molecule has 1 atom stereocenters. The Morgan fingerprint density at radius 1 is 1.40 bits per heavy atom. The Balaban J connectivity index is 3.09. The summed E-state index contributed by atoms with van der Waals surface area (Å²) in [6, 6.07) is 4.34. The quantitative estimate of drug-likeness (QED) is 0.784. The van der Waals surface area contributed by atoms with Gasteiger partial charge in [0.25, 0.3) is 15.0 Å². The van der Waals surface area contributed by atoms with Gasteiger partial charge in [-0.15, -0.1) is 0 Å². The minimum absolute atomic E-state index is 0.0509. The van der Waals surface area contributed by atoms with E-state index in [0.29, 0.717) is 18.0 Å². The standard InChI is InChI=1S/C14H20ClNO3S/c1-5-10(2)9-16(4)14(17)13-8-12(20(15,18)19)7-6-11(13)3/h6-8,10H,5,9H2,1-4H3. The summed E-state index contributed by atoms with van der Waals surface area (Å²) < 4.78 is 22.7. The SMILES string of the molecule is CCC(C)CN(C)C(=O)c1cc(S(=O)(=O)Cl)ccc1C. The predicted molar refractivity (Wildman–Crippen MR) is 80.6 cm³/mol. The first-order valence-electron chi connectivity index (χ1n) is 6.47. The van der Waals surface area contributed by atoms with Crippen LogP contribution < -0.4 is 0 Å². The average Bonchev–Trinajstić information content (AvgIpc) is 2.36. The van der Waals surface area contributed by atoms with Crippen molar-refractivity contribution >= 4 is 25.6 Å². The zero-order chi connectivity index (χ0) is 15.5. The Kier molecular flexibility index (Phi) is 5.59. The van der Waals surface area contributed by atoms with Gasteiger partial charge in [0.2, 0.25) is 0 Å². The molecule has 1 aromatic carbocycles. The lowest BCUT2D eigenvalue weighted by atomic mass is 10.1. The maximum absolute atomic E-state index is 12.4. The zero-order valence-electron chi connectivity index (χ0n) is 12.2. The first-order valence-corrected chi connectivity index (χ1v) is 8.78. The van der Waals surface area contributed by atoms with Crippen molar-refractivity contribution in [2.24, 2.45) is 5.92 Å². The second-order valence-corrected chi connectivity index (χ2v) is 7.68. The number of hydrogen-bond donors (Lipinski definition) is 0. The fraction of sp³-hybridized carbons (Fsp3) is 0.500. The van der Waals surface area contributed by atoms with E-state index in [1.807, 2.05) is 0 Å². The number of carbonyl (C=O) groups is 1. The number of halogens is 1.